The van der Waals surface area contributed by atoms with Crippen molar-refractivity contribution in [2.24, 2.45) is 0 Å². The van der Waals surface area contributed by atoms with Gasteiger partial charge in [0.1, 0.15) is 22.5 Å². The van der Waals surface area contributed by atoms with Crippen LogP contribution in [-0.4, -0.2) is 40.3 Å². The highest BCUT2D eigenvalue weighted by atomic mass is 16.7. The van der Waals surface area contributed by atoms with Gasteiger partial charge in [-0.25, -0.2) is 0 Å². The molecule has 0 bridgehead atoms. The van der Waals surface area contributed by atoms with E-state index in [-0.39, 0.29) is 35.0 Å². The number of methoxy groups -OCH3 is 4. The van der Waals surface area contributed by atoms with Crippen LogP contribution < -0.4 is 24.4 Å². The maximum Gasteiger partial charge on any atom is 0.239 e. The van der Waals surface area contributed by atoms with Crippen LogP contribution in [0.5, 0.6) is 28.7 Å². The molecule has 2 aromatic carbocycles. The fourth-order valence-electron chi connectivity index (χ4n) is 3.46. The van der Waals surface area contributed by atoms with E-state index < -0.39 is 5.43 Å². The lowest BCUT2D eigenvalue weighted by Crippen LogP contribution is -2.10. The van der Waals surface area contributed by atoms with Crippen LogP contribution in [0.2, 0.25) is 0 Å². The molecule has 0 aliphatic heterocycles. The van der Waals surface area contributed by atoms with E-state index in [1.807, 2.05) is 19.9 Å². The Morgan fingerprint density at radius 1 is 1.00 bits per heavy atom. The van der Waals surface area contributed by atoms with Crippen molar-refractivity contribution in [3.63, 3.8) is 0 Å². The predicted molar refractivity (Wildman–Crippen MR) is 125 cm³/mol. The molecule has 0 fully saturated rings. The maximum atomic E-state index is 13.4. The molecule has 0 radical (unpaired) electrons. The lowest BCUT2D eigenvalue weighted by Gasteiger charge is -2.16. The summed E-state index contributed by atoms with van der Waals surface area (Å²) in [5, 5.41) is 10.7. The highest BCUT2D eigenvalue weighted by molar-refractivity contribution is 5.91. The first-order valence-electron chi connectivity index (χ1n) is 10.2. The van der Waals surface area contributed by atoms with Crippen LogP contribution in [0.25, 0.3) is 22.3 Å². The Balaban J connectivity index is 2.39. The molecule has 0 spiro atoms. The second-order valence-corrected chi connectivity index (χ2v) is 7.48. The number of hydrogen-bond acceptors (Lipinski definition) is 8. The van der Waals surface area contributed by atoms with Crippen LogP contribution in [-0.2, 0) is 11.2 Å². The summed E-state index contributed by atoms with van der Waals surface area (Å²) < 4.78 is 33.1. The third kappa shape index (κ3) is 4.75. The van der Waals surface area contributed by atoms with Gasteiger partial charge in [0.05, 0.1) is 21.3 Å². The molecule has 176 valence electrons. The lowest BCUT2D eigenvalue weighted by atomic mass is 10.0. The van der Waals surface area contributed by atoms with Crippen molar-refractivity contribution >= 4 is 11.0 Å². The molecule has 33 heavy (non-hydrogen) atoms. The van der Waals surface area contributed by atoms with Gasteiger partial charge in [0.2, 0.25) is 11.2 Å². The van der Waals surface area contributed by atoms with Gasteiger partial charge >= 0.3 is 0 Å². The first-order valence-corrected chi connectivity index (χ1v) is 10.2. The van der Waals surface area contributed by atoms with Gasteiger partial charge in [-0.2, -0.15) is 0 Å². The van der Waals surface area contributed by atoms with E-state index >= 15 is 0 Å². The zero-order chi connectivity index (χ0) is 24.1. The standard InChI is InChI=1S/C25H28O8/c1-14(2)7-9-16-19(32-13-28-3)12-17(26)21-22(27)25(31-6)23(33-24(16)21)15-8-10-18(29-4)20(11-15)30-5/h7-8,10-12,26H,9,13H2,1-6H3. The van der Waals surface area contributed by atoms with Gasteiger partial charge in [0.15, 0.2) is 24.1 Å². The molecule has 1 heterocycles. The molecule has 0 saturated carbocycles. The molecule has 0 saturated heterocycles. The summed E-state index contributed by atoms with van der Waals surface area (Å²) in [4.78, 5) is 13.4. The summed E-state index contributed by atoms with van der Waals surface area (Å²) in [5.74, 6) is 1.22. The van der Waals surface area contributed by atoms with Crippen LogP contribution in [0.4, 0.5) is 0 Å². The van der Waals surface area contributed by atoms with Gasteiger partial charge in [0, 0.05) is 24.3 Å². The van der Waals surface area contributed by atoms with Crippen molar-refractivity contribution in [1.29, 1.82) is 0 Å². The topological polar surface area (TPSA) is 96.6 Å². The average molecular weight is 456 g/mol. The van der Waals surface area contributed by atoms with Gasteiger partial charge in [0.25, 0.3) is 0 Å². The Morgan fingerprint density at radius 3 is 2.33 bits per heavy atom. The molecule has 0 aliphatic rings. The van der Waals surface area contributed by atoms with E-state index in [1.54, 1.807) is 18.2 Å². The predicted octanol–water partition coefficient (Wildman–Crippen LogP) is 4.68. The first-order chi connectivity index (χ1) is 15.9. The second-order valence-electron chi connectivity index (χ2n) is 7.48. The minimum atomic E-state index is -0.502. The Hall–Kier alpha value is -3.65. The highest BCUT2D eigenvalue weighted by Gasteiger charge is 2.24. The molecule has 1 N–H and O–H groups in total. The Morgan fingerprint density at radius 2 is 1.73 bits per heavy atom. The van der Waals surface area contributed by atoms with E-state index in [1.165, 1.54) is 34.5 Å². The number of aromatic hydroxyl groups is 1. The maximum absolute atomic E-state index is 13.4. The monoisotopic (exact) mass is 456 g/mol. The van der Waals surface area contributed by atoms with E-state index in [4.69, 9.17) is 28.1 Å². The molecule has 0 aliphatic carbocycles. The molecule has 8 nitrogen and oxygen atoms in total. The second kappa shape index (κ2) is 10.3. The number of allylic oxidation sites excluding steroid dienone is 2. The normalized spacial score (nSPS) is 10.7. The lowest BCUT2D eigenvalue weighted by molar-refractivity contribution is 0.0504. The summed E-state index contributed by atoms with van der Waals surface area (Å²) in [7, 11) is 5.93. The number of benzene rings is 2. The zero-order valence-corrected chi connectivity index (χ0v) is 19.6. The van der Waals surface area contributed by atoms with Crippen molar-refractivity contribution in [2.45, 2.75) is 20.3 Å². The van der Waals surface area contributed by atoms with E-state index in [2.05, 4.69) is 0 Å². The smallest absolute Gasteiger partial charge is 0.239 e. The van der Waals surface area contributed by atoms with Crippen molar-refractivity contribution in [2.75, 3.05) is 35.2 Å². The van der Waals surface area contributed by atoms with Crippen molar-refractivity contribution in [3.05, 3.63) is 51.7 Å². The number of phenols is 1. The number of hydrogen-bond donors (Lipinski definition) is 1. The Kier molecular flexibility index (Phi) is 7.50. The summed E-state index contributed by atoms with van der Waals surface area (Å²) in [6.45, 7) is 3.90. The van der Waals surface area contributed by atoms with Crippen LogP contribution in [0.1, 0.15) is 19.4 Å². The molecule has 3 aromatic rings. The molecule has 0 atom stereocenters. The molecule has 8 heteroatoms. The van der Waals surface area contributed by atoms with Gasteiger partial charge < -0.3 is 33.2 Å². The van der Waals surface area contributed by atoms with Crippen LogP contribution in [0, 0.1) is 0 Å². The summed E-state index contributed by atoms with van der Waals surface area (Å²) in [6.07, 6.45) is 2.39. The van der Waals surface area contributed by atoms with Crippen LogP contribution >= 0.6 is 0 Å². The van der Waals surface area contributed by atoms with Crippen molar-refractivity contribution in [3.8, 4) is 40.1 Å². The van der Waals surface area contributed by atoms with Crippen molar-refractivity contribution < 1.29 is 33.2 Å². The fourth-order valence-corrected chi connectivity index (χ4v) is 3.46. The molecular weight excluding hydrogens is 428 g/mol. The molecule has 0 amide bonds. The van der Waals surface area contributed by atoms with Gasteiger partial charge in [-0.05, 0) is 38.5 Å². The van der Waals surface area contributed by atoms with Crippen LogP contribution in [0.15, 0.2) is 45.1 Å². The minimum Gasteiger partial charge on any atom is -0.507 e. The molecule has 0 unspecified atom stereocenters. The zero-order valence-electron chi connectivity index (χ0n) is 19.6. The van der Waals surface area contributed by atoms with Gasteiger partial charge in [-0.15, -0.1) is 0 Å². The third-order valence-electron chi connectivity index (χ3n) is 5.06. The number of phenolic OH excluding ortho intramolecular Hbond substituents is 1. The van der Waals surface area contributed by atoms with E-state index in [0.717, 1.165) is 5.57 Å². The molecule has 1 aromatic heterocycles. The number of rotatable bonds is 9. The minimum absolute atomic E-state index is 0.0120. The summed E-state index contributed by atoms with van der Waals surface area (Å²) in [6, 6.07) is 6.51. The average Bonchev–Trinajstić information content (AvgIpc) is 2.81. The van der Waals surface area contributed by atoms with E-state index in [9.17, 15) is 9.90 Å². The number of fused-ring (bicyclic) bond motifs is 1. The summed E-state index contributed by atoms with van der Waals surface area (Å²) >= 11 is 0. The highest BCUT2D eigenvalue weighted by Crippen LogP contribution is 2.41. The van der Waals surface area contributed by atoms with E-state index in [0.29, 0.717) is 34.8 Å². The SMILES string of the molecule is COCOc1cc(O)c2c(=O)c(OC)c(-c3ccc(OC)c(OC)c3)oc2c1CC=C(C)C. The Labute approximate surface area is 191 Å². The third-order valence-corrected chi connectivity index (χ3v) is 5.06. The summed E-state index contributed by atoms with van der Waals surface area (Å²) in [5.41, 5.74) is 1.92. The fraction of sp³-hybridized carbons (Fsp3) is 0.320. The van der Waals surface area contributed by atoms with Crippen molar-refractivity contribution in [1.82, 2.24) is 0 Å². The quantitative estimate of drug-likeness (QED) is 0.366. The molecular formula is C25H28O8. The van der Waals surface area contributed by atoms with Gasteiger partial charge in [-0.3, -0.25) is 4.79 Å². The van der Waals surface area contributed by atoms with Gasteiger partial charge in [-0.1, -0.05) is 11.6 Å². The Bertz CT molecular complexity index is 1240. The first kappa shape index (κ1) is 24.0. The number of ether oxygens (including phenoxy) is 5. The largest absolute Gasteiger partial charge is 0.507 e. The van der Waals surface area contributed by atoms with Crippen LogP contribution in [0.3, 0.4) is 0 Å². The molecule has 3 rings (SSSR count).